The second-order valence-electron chi connectivity index (χ2n) is 12.1. The van der Waals surface area contributed by atoms with Crippen molar-refractivity contribution in [1.82, 2.24) is 14.9 Å². The third-order valence-corrected chi connectivity index (χ3v) is 10.4. The molecule has 2 aromatic carbocycles. The molecule has 2 saturated heterocycles. The smallest absolute Gasteiger partial charge is 0.319 e. The molecule has 14 heteroatoms. The zero-order valence-corrected chi connectivity index (χ0v) is 26.4. The molecule has 1 aliphatic carbocycles. The maximum Gasteiger partial charge on any atom is 0.319 e. The van der Waals surface area contributed by atoms with Gasteiger partial charge in [0.25, 0.3) is 6.43 Å². The quantitative estimate of drug-likeness (QED) is 0.210. The van der Waals surface area contributed by atoms with Crippen molar-refractivity contribution in [1.29, 1.82) is 5.26 Å². The third kappa shape index (κ3) is 5.34. The number of halogens is 5. The van der Waals surface area contributed by atoms with E-state index in [1.165, 1.54) is 30.2 Å². The first-order chi connectivity index (χ1) is 22.2. The van der Waals surface area contributed by atoms with Crippen LogP contribution in [0.2, 0.25) is 5.02 Å². The SMILES string of the molecule is C1CC1.N#Cc1c(N)sc2c(F)ccc(-c3c(Cl)c4c5c(nc(OCC67CCCN6CCC7)nc5c3F)N(CC(F)F)CCO4)c12. The highest BCUT2D eigenvalue weighted by Gasteiger charge is 2.45. The molecule has 2 aromatic heterocycles. The van der Waals surface area contributed by atoms with Gasteiger partial charge in [0, 0.05) is 10.9 Å². The molecule has 0 amide bonds. The molecule has 0 atom stereocenters. The van der Waals surface area contributed by atoms with E-state index >= 15 is 4.39 Å². The molecule has 0 unspecified atom stereocenters. The highest BCUT2D eigenvalue weighted by atomic mass is 35.5. The van der Waals surface area contributed by atoms with Crippen LogP contribution in [-0.2, 0) is 0 Å². The number of ether oxygens (including phenoxy) is 2. The van der Waals surface area contributed by atoms with Gasteiger partial charge in [-0.2, -0.15) is 15.2 Å². The van der Waals surface area contributed by atoms with Crippen molar-refractivity contribution in [2.45, 2.75) is 56.9 Å². The summed E-state index contributed by atoms with van der Waals surface area (Å²) in [7, 11) is 0. The summed E-state index contributed by atoms with van der Waals surface area (Å²) in [5, 5.41) is 9.84. The number of nitrogens with two attached hydrogens (primary N) is 1. The summed E-state index contributed by atoms with van der Waals surface area (Å²) in [6.45, 7) is 1.51. The Morgan fingerprint density at radius 2 is 1.83 bits per heavy atom. The highest BCUT2D eigenvalue weighted by molar-refractivity contribution is 7.23. The van der Waals surface area contributed by atoms with E-state index in [0.29, 0.717) is 0 Å². The van der Waals surface area contributed by atoms with Gasteiger partial charge in [-0.25, -0.2) is 17.6 Å². The van der Waals surface area contributed by atoms with Gasteiger partial charge in [0.1, 0.15) is 41.4 Å². The van der Waals surface area contributed by atoms with Crippen molar-refractivity contribution < 1.29 is 27.0 Å². The minimum atomic E-state index is -2.71. The van der Waals surface area contributed by atoms with Gasteiger partial charge in [-0.15, -0.1) is 11.3 Å². The zero-order valence-electron chi connectivity index (χ0n) is 24.9. The number of nitrogens with zero attached hydrogens (tertiary/aromatic N) is 5. The lowest BCUT2D eigenvalue weighted by atomic mass is 9.95. The van der Waals surface area contributed by atoms with E-state index < -0.39 is 24.6 Å². The number of nitriles is 1. The molecular weight excluding hydrogens is 644 g/mol. The third-order valence-electron chi connectivity index (χ3n) is 9.04. The number of nitrogen functional groups attached to an aromatic ring is 1. The minimum absolute atomic E-state index is 0.00178. The summed E-state index contributed by atoms with van der Waals surface area (Å²) in [5.74, 6) is -1.52. The summed E-state index contributed by atoms with van der Waals surface area (Å²) in [6, 6.07) is 4.29. The lowest BCUT2D eigenvalue weighted by Gasteiger charge is -2.31. The molecule has 2 N–H and O–H groups in total. The molecule has 8 rings (SSSR count). The summed E-state index contributed by atoms with van der Waals surface area (Å²) < 4.78 is 71.1. The van der Waals surface area contributed by atoms with Crippen LogP contribution in [0.5, 0.6) is 11.8 Å². The first-order valence-electron chi connectivity index (χ1n) is 15.4. The molecule has 0 bridgehead atoms. The molecule has 0 radical (unpaired) electrons. The van der Waals surface area contributed by atoms with Crippen molar-refractivity contribution in [2.24, 2.45) is 0 Å². The molecule has 4 aromatic rings. The Labute approximate surface area is 271 Å². The Bertz CT molecular complexity index is 1870. The average Bonchev–Trinajstić information content (AvgIpc) is 3.72. The average molecular weight is 675 g/mol. The topological polar surface area (TPSA) is 101 Å². The molecule has 46 heavy (non-hydrogen) atoms. The number of benzene rings is 2. The summed E-state index contributed by atoms with van der Waals surface area (Å²) in [5.41, 5.74) is 5.53. The number of thiophene rings is 1. The molecule has 5 heterocycles. The first-order valence-corrected chi connectivity index (χ1v) is 16.6. The van der Waals surface area contributed by atoms with Crippen LogP contribution in [0.3, 0.4) is 0 Å². The minimum Gasteiger partial charge on any atom is -0.489 e. The number of hydrogen-bond acceptors (Lipinski definition) is 9. The lowest BCUT2D eigenvalue weighted by molar-refractivity contribution is 0.107. The Morgan fingerprint density at radius 3 is 2.50 bits per heavy atom. The fraction of sp³-hybridized carbons (Fsp3) is 0.469. The molecule has 4 aliphatic rings. The predicted octanol–water partition coefficient (Wildman–Crippen LogP) is 7.54. The number of fused-ring (bicyclic) bond motifs is 2. The standard InChI is InChI=1S/C29H25ClF4N6O2S.C3H6/c30-21-19(14-3-4-16(31)25-18(14)15(11-35)26(36)43-25)22(34)23-20-24(21)41-10-9-39(12-17(32)33)27(20)38-28(37-23)42-13-29-5-1-7-40(29)8-2-6-29;1-2-3-1/h3-4,17H,1-2,5-10,12-13,36H2;1-3H2. The van der Waals surface area contributed by atoms with Gasteiger partial charge in [0.15, 0.2) is 11.6 Å². The van der Waals surface area contributed by atoms with Gasteiger partial charge in [0.05, 0.1) is 39.3 Å². The number of aromatic nitrogens is 2. The molecule has 0 spiro atoms. The van der Waals surface area contributed by atoms with Crippen LogP contribution in [0, 0.1) is 23.0 Å². The van der Waals surface area contributed by atoms with Crippen LogP contribution >= 0.6 is 22.9 Å². The molecular formula is C32H31ClF4N6O2S. The van der Waals surface area contributed by atoms with Crippen LogP contribution in [0.1, 0.15) is 50.5 Å². The number of hydrogen-bond donors (Lipinski definition) is 1. The van der Waals surface area contributed by atoms with Crippen LogP contribution in [0.25, 0.3) is 32.1 Å². The maximum absolute atomic E-state index is 16.8. The van der Waals surface area contributed by atoms with Gasteiger partial charge in [0.2, 0.25) is 0 Å². The predicted molar refractivity (Wildman–Crippen MR) is 170 cm³/mol. The van der Waals surface area contributed by atoms with Crippen molar-refractivity contribution in [3.8, 4) is 29.0 Å². The van der Waals surface area contributed by atoms with Crippen molar-refractivity contribution in [3.63, 3.8) is 0 Å². The molecule has 8 nitrogen and oxygen atoms in total. The van der Waals surface area contributed by atoms with Gasteiger partial charge in [-0.3, -0.25) is 4.90 Å². The van der Waals surface area contributed by atoms with Crippen LogP contribution < -0.4 is 20.1 Å². The van der Waals surface area contributed by atoms with E-state index in [-0.39, 0.29) is 90.6 Å². The number of alkyl halides is 2. The van der Waals surface area contributed by atoms with E-state index in [1.54, 1.807) is 0 Å². The molecule has 3 aliphatic heterocycles. The Kier molecular flexibility index (Phi) is 8.23. The summed E-state index contributed by atoms with van der Waals surface area (Å²) in [6.07, 6.45) is 5.76. The van der Waals surface area contributed by atoms with E-state index in [0.717, 1.165) is 56.2 Å². The second kappa shape index (κ2) is 12.2. The van der Waals surface area contributed by atoms with Crippen molar-refractivity contribution in [2.75, 3.05) is 50.0 Å². The number of anilines is 2. The van der Waals surface area contributed by atoms with E-state index in [2.05, 4.69) is 14.9 Å². The monoisotopic (exact) mass is 674 g/mol. The normalized spacial score (nSPS) is 18.2. The van der Waals surface area contributed by atoms with Gasteiger partial charge in [-0.1, -0.05) is 36.9 Å². The van der Waals surface area contributed by atoms with Crippen LogP contribution in [-0.4, -0.2) is 66.2 Å². The fourth-order valence-electron chi connectivity index (χ4n) is 6.78. The van der Waals surface area contributed by atoms with Crippen molar-refractivity contribution in [3.05, 3.63) is 34.4 Å². The Balaban J connectivity index is 0.00000107. The summed E-state index contributed by atoms with van der Waals surface area (Å²) >= 11 is 7.69. The molecule has 242 valence electrons. The second-order valence-corrected chi connectivity index (χ2v) is 13.5. The highest BCUT2D eigenvalue weighted by Crippen LogP contribution is 2.51. The maximum atomic E-state index is 16.8. The van der Waals surface area contributed by atoms with Gasteiger partial charge in [-0.05, 0) is 50.4 Å². The fourth-order valence-corrected chi connectivity index (χ4v) is 8.06. The van der Waals surface area contributed by atoms with Crippen molar-refractivity contribution >= 4 is 54.7 Å². The van der Waals surface area contributed by atoms with Gasteiger partial charge >= 0.3 is 6.01 Å². The number of rotatable bonds is 6. The van der Waals surface area contributed by atoms with Crippen LogP contribution in [0.4, 0.5) is 28.4 Å². The first kappa shape index (κ1) is 31.0. The van der Waals surface area contributed by atoms with E-state index in [9.17, 15) is 18.4 Å². The zero-order chi connectivity index (χ0) is 32.2. The largest absolute Gasteiger partial charge is 0.489 e. The van der Waals surface area contributed by atoms with Crippen LogP contribution in [0.15, 0.2) is 12.1 Å². The van der Waals surface area contributed by atoms with E-state index in [4.69, 9.17) is 26.8 Å². The Hall–Kier alpha value is -3.60. The summed E-state index contributed by atoms with van der Waals surface area (Å²) in [4.78, 5) is 12.6. The Morgan fingerprint density at radius 1 is 1.09 bits per heavy atom. The molecule has 1 saturated carbocycles. The molecule has 3 fully saturated rings. The van der Waals surface area contributed by atoms with E-state index in [1.807, 2.05) is 6.07 Å². The lowest BCUT2D eigenvalue weighted by Crippen LogP contribution is -2.43. The van der Waals surface area contributed by atoms with Gasteiger partial charge < -0.3 is 20.1 Å².